The quantitative estimate of drug-likeness (QED) is 0.264. The minimum atomic E-state index is -0.0475. The lowest BCUT2D eigenvalue weighted by Crippen LogP contribution is -2.30. The molecule has 0 aromatic heterocycles. The molecule has 0 bridgehead atoms. The highest BCUT2D eigenvalue weighted by Crippen LogP contribution is 2.29. The minimum Gasteiger partial charge on any atom is -0.353 e. The molecule has 0 aliphatic carbocycles. The van der Waals surface area contributed by atoms with Crippen molar-refractivity contribution < 1.29 is 9.47 Å². The maximum atomic E-state index is 5.90. The van der Waals surface area contributed by atoms with Gasteiger partial charge in [0.05, 0.1) is 0 Å². The maximum Gasteiger partial charge on any atom is 0.160 e. The average molecular weight is 344 g/mol. The Balaban J connectivity index is 4.34. The van der Waals surface area contributed by atoms with Crippen LogP contribution in [0.1, 0.15) is 98.8 Å². The molecule has 1 unspecified atom stereocenters. The van der Waals surface area contributed by atoms with Crippen molar-refractivity contribution in [1.29, 1.82) is 0 Å². The van der Waals surface area contributed by atoms with Crippen LogP contribution in [-0.2, 0) is 9.47 Å². The number of rotatable bonds is 17. The van der Waals surface area contributed by atoms with Crippen LogP contribution in [0, 0.1) is 11.3 Å². The second-order valence-corrected chi connectivity index (χ2v) is 7.86. The molecule has 2 N–H and O–H groups in total. The van der Waals surface area contributed by atoms with Crippen molar-refractivity contribution in [3.63, 3.8) is 0 Å². The largest absolute Gasteiger partial charge is 0.353 e. The third kappa shape index (κ3) is 12.3. The molecular formula is C21H45NO2. The van der Waals surface area contributed by atoms with Crippen molar-refractivity contribution in [2.75, 3.05) is 19.8 Å². The molecule has 0 heterocycles. The van der Waals surface area contributed by atoms with E-state index in [1.54, 1.807) is 0 Å². The molecule has 146 valence electrons. The van der Waals surface area contributed by atoms with Gasteiger partial charge in [-0.3, -0.25) is 0 Å². The first-order valence-corrected chi connectivity index (χ1v) is 10.4. The molecule has 0 aliphatic rings. The summed E-state index contributed by atoms with van der Waals surface area (Å²) in [5.41, 5.74) is 6.11. The smallest absolute Gasteiger partial charge is 0.160 e. The molecule has 0 spiro atoms. The van der Waals surface area contributed by atoms with Crippen molar-refractivity contribution >= 4 is 0 Å². The van der Waals surface area contributed by atoms with Crippen LogP contribution in [0.3, 0.4) is 0 Å². The lowest BCUT2D eigenvalue weighted by molar-refractivity contribution is -0.171. The molecule has 0 saturated heterocycles. The molecule has 0 rings (SSSR count). The van der Waals surface area contributed by atoms with Gasteiger partial charge in [0.15, 0.2) is 6.29 Å². The minimum absolute atomic E-state index is 0.0475. The summed E-state index contributed by atoms with van der Waals surface area (Å²) in [6.07, 6.45) is 12.9. The Morgan fingerprint density at radius 2 is 1.33 bits per heavy atom. The van der Waals surface area contributed by atoms with E-state index in [0.29, 0.717) is 5.92 Å². The third-order valence-corrected chi connectivity index (χ3v) is 4.97. The van der Waals surface area contributed by atoms with E-state index in [9.17, 15) is 0 Å². The Bertz CT molecular complexity index is 263. The summed E-state index contributed by atoms with van der Waals surface area (Å²) in [4.78, 5) is 0. The van der Waals surface area contributed by atoms with E-state index >= 15 is 0 Å². The van der Waals surface area contributed by atoms with E-state index in [-0.39, 0.29) is 11.7 Å². The zero-order chi connectivity index (χ0) is 18.3. The van der Waals surface area contributed by atoms with Gasteiger partial charge in [-0.15, -0.1) is 0 Å². The monoisotopic (exact) mass is 343 g/mol. The van der Waals surface area contributed by atoms with E-state index in [2.05, 4.69) is 34.6 Å². The summed E-state index contributed by atoms with van der Waals surface area (Å²) < 4.78 is 11.8. The van der Waals surface area contributed by atoms with Crippen molar-refractivity contribution in [1.82, 2.24) is 0 Å². The summed E-state index contributed by atoms with van der Waals surface area (Å²) in [6.45, 7) is 13.1. The number of ether oxygens (including phenoxy) is 2. The Hall–Kier alpha value is -0.120. The van der Waals surface area contributed by atoms with Gasteiger partial charge in [0.1, 0.15) is 0 Å². The third-order valence-electron chi connectivity index (χ3n) is 4.97. The average Bonchev–Trinajstić information content (AvgIpc) is 2.56. The summed E-state index contributed by atoms with van der Waals surface area (Å²) in [6, 6.07) is 0. The van der Waals surface area contributed by atoms with Gasteiger partial charge in [-0.05, 0) is 45.1 Å². The van der Waals surface area contributed by atoms with Crippen LogP contribution in [0.2, 0.25) is 0 Å². The summed E-state index contributed by atoms with van der Waals surface area (Å²) in [7, 11) is 0. The van der Waals surface area contributed by atoms with Crippen molar-refractivity contribution in [3.8, 4) is 0 Å². The molecule has 0 fully saturated rings. The molecule has 3 nitrogen and oxygen atoms in total. The molecule has 0 radical (unpaired) electrons. The van der Waals surface area contributed by atoms with Crippen LogP contribution in [0.25, 0.3) is 0 Å². The van der Waals surface area contributed by atoms with Crippen LogP contribution in [-0.4, -0.2) is 26.0 Å². The van der Waals surface area contributed by atoms with Crippen molar-refractivity contribution in [2.24, 2.45) is 17.1 Å². The fraction of sp³-hybridized carbons (Fsp3) is 1.00. The number of hydrogen-bond acceptors (Lipinski definition) is 3. The van der Waals surface area contributed by atoms with E-state index in [0.717, 1.165) is 32.6 Å². The normalized spacial score (nSPS) is 13.6. The molecule has 0 saturated carbocycles. The maximum absolute atomic E-state index is 5.90. The first-order valence-electron chi connectivity index (χ1n) is 10.4. The fourth-order valence-electron chi connectivity index (χ4n) is 3.11. The summed E-state index contributed by atoms with van der Waals surface area (Å²) in [5.74, 6) is 0.492. The van der Waals surface area contributed by atoms with Gasteiger partial charge in [-0.25, -0.2) is 0 Å². The lowest BCUT2D eigenvalue weighted by Gasteiger charge is -2.30. The summed E-state index contributed by atoms with van der Waals surface area (Å²) in [5, 5.41) is 0. The predicted molar refractivity (Wildman–Crippen MR) is 105 cm³/mol. The Morgan fingerprint density at radius 1 is 0.792 bits per heavy atom. The zero-order valence-electron chi connectivity index (χ0n) is 17.2. The standard InChI is InChI=1S/C21H45NO2/c1-6-9-10-11-12-13-14-15-19(16-17-21(4,5)18-22)20(23-7-2)24-8-3/h19-20H,6-18,22H2,1-5H3. The van der Waals surface area contributed by atoms with Gasteiger partial charge < -0.3 is 15.2 Å². The van der Waals surface area contributed by atoms with Crippen LogP contribution in [0.5, 0.6) is 0 Å². The van der Waals surface area contributed by atoms with Gasteiger partial charge in [0.2, 0.25) is 0 Å². The predicted octanol–water partition coefficient (Wildman–Crippen LogP) is 5.91. The lowest BCUT2D eigenvalue weighted by atomic mass is 9.83. The SMILES string of the molecule is CCCCCCCCCC(CCC(C)(C)CN)C(OCC)OCC. The molecule has 0 aromatic carbocycles. The highest BCUT2D eigenvalue weighted by atomic mass is 16.7. The molecule has 0 amide bonds. The van der Waals surface area contributed by atoms with Crippen molar-refractivity contribution in [3.05, 3.63) is 0 Å². The van der Waals surface area contributed by atoms with E-state index in [4.69, 9.17) is 15.2 Å². The van der Waals surface area contributed by atoms with E-state index in [1.807, 2.05) is 0 Å². The number of unbranched alkanes of at least 4 members (excludes halogenated alkanes) is 6. The highest BCUT2D eigenvalue weighted by molar-refractivity contribution is 4.73. The Kier molecular flexibility index (Phi) is 15.1. The first-order chi connectivity index (χ1) is 11.5. The Labute approximate surface area is 152 Å². The highest BCUT2D eigenvalue weighted by Gasteiger charge is 2.25. The van der Waals surface area contributed by atoms with Crippen LogP contribution in [0.15, 0.2) is 0 Å². The number of hydrogen-bond donors (Lipinski definition) is 1. The molecule has 3 heteroatoms. The zero-order valence-corrected chi connectivity index (χ0v) is 17.2. The van der Waals surface area contributed by atoms with Crippen LogP contribution < -0.4 is 5.73 Å². The first kappa shape index (κ1) is 23.9. The second-order valence-electron chi connectivity index (χ2n) is 7.86. The fourth-order valence-corrected chi connectivity index (χ4v) is 3.11. The van der Waals surface area contributed by atoms with E-state index < -0.39 is 0 Å². The molecule has 0 aromatic rings. The molecule has 24 heavy (non-hydrogen) atoms. The summed E-state index contributed by atoms with van der Waals surface area (Å²) >= 11 is 0. The molecular weight excluding hydrogens is 298 g/mol. The molecule has 1 atom stereocenters. The van der Waals surface area contributed by atoms with Crippen LogP contribution in [0.4, 0.5) is 0 Å². The topological polar surface area (TPSA) is 44.5 Å². The van der Waals surface area contributed by atoms with Gasteiger partial charge in [0, 0.05) is 19.1 Å². The van der Waals surface area contributed by atoms with Crippen molar-refractivity contribution in [2.45, 2.75) is 105 Å². The van der Waals surface area contributed by atoms with Gasteiger partial charge in [-0.2, -0.15) is 0 Å². The molecule has 0 aliphatic heterocycles. The van der Waals surface area contributed by atoms with Gasteiger partial charge >= 0.3 is 0 Å². The van der Waals surface area contributed by atoms with Crippen LogP contribution >= 0.6 is 0 Å². The van der Waals surface area contributed by atoms with Gasteiger partial charge in [-0.1, -0.05) is 65.7 Å². The Morgan fingerprint density at radius 3 is 1.83 bits per heavy atom. The number of nitrogens with two attached hydrogens (primary N) is 1. The van der Waals surface area contributed by atoms with E-state index in [1.165, 1.54) is 51.4 Å². The van der Waals surface area contributed by atoms with Gasteiger partial charge in [0.25, 0.3) is 0 Å². The second kappa shape index (κ2) is 15.2.